The zero-order chi connectivity index (χ0) is 13.2. The molecule has 0 aromatic carbocycles. The molecule has 1 atom stereocenters. The minimum Gasteiger partial charge on any atom is -0.354 e. The standard InChI is InChI=1S/C13H20IN5/c14-12-7-16-9-17-13(12)19-6-3-11(8-19)18-4-1-10(15)2-5-18/h7,9-11H,1-6,8,15H2. The van der Waals surface area contributed by atoms with E-state index in [9.17, 15) is 0 Å². The minimum absolute atomic E-state index is 0.413. The van der Waals surface area contributed by atoms with Gasteiger partial charge in [-0.3, -0.25) is 4.90 Å². The van der Waals surface area contributed by atoms with Crippen molar-refractivity contribution in [2.45, 2.75) is 31.3 Å². The average molecular weight is 373 g/mol. The maximum atomic E-state index is 5.98. The second-order valence-electron chi connectivity index (χ2n) is 5.46. The molecule has 104 valence electrons. The van der Waals surface area contributed by atoms with Crippen LogP contribution >= 0.6 is 22.6 Å². The summed E-state index contributed by atoms with van der Waals surface area (Å²) in [5, 5.41) is 0. The Hall–Kier alpha value is -0.470. The van der Waals surface area contributed by atoms with Crippen LogP contribution in [0.4, 0.5) is 5.82 Å². The van der Waals surface area contributed by atoms with E-state index < -0.39 is 0 Å². The van der Waals surface area contributed by atoms with Gasteiger partial charge in [-0.2, -0.15) is 0 Å². The molecule has 0 spiro atoms. The van der Waals surface area contributed by atoms with Crippen molar-refractivity contribution in [3.8, 4) is 0 Å². The van der Waals surface area contributed by atoms with Crippen molar-refractivity contribution in [1.82, 2.24) is 14.9 Å². The normalized spacial score (nSPS) is 26.0. The molecule has 3 heterocycles. The van der Waals surface area contributed by atoms with E-state index in [1.165, 1.54) is 6.42 Å². The number of rotatable bonds is 2. The summed E-state index contributed by atoms with van der Waals surface area (Å²) in [4.78, 5) is 13.5. The molecule has 19 heavy (non-hydrogen) atoms. The number of nitrogens with zero attached hydrogens (tertiary/aromatic N) is 4. The largest absolute Gasteiger partial charge is 0.354 e. The van der Waals surface area contributed by atoms with Gasteiger partial charge >= 0.3 is 0 Å². The third kappa shape index (κ3) is 3.00. The van der Waals surface area contributed by atoms with Crippen LogP contribution in [0.15, 0.2) is 12.5 Å². The first-order valence-corrected chi connectivity index (χ1v) is 8.02. The van der Waals surface area contributed by atoms with Crippen LogP contribution in [0.5, 0.6) is 0 Å². The smallest absolute Gasteiger partial charge is 0.145 e. The highest BCUT2D eigenvalue weighted by molar-refractivity contribution is 14.1. The van der Waals surface area contributed by atoms with Crippen molar-refractivity contribution in [1.29, 1.82) is 0 Å². The van der Waals surface area contributed by atoms with Gasteiger partial charge in [-0.05, 0) is 54.9 Å². The average Bonchev–Trinajstić information content (AvgIpc) is 2.89. The fourth-order valence-electron chi connectivity index (χ4n) is 3.06. The van der Waals surface area contributed by atoms with Crippen molar-refractivity contribution in [2.75, 3.05) is 31.1 Å². The lowest BCUT2D eigenvalue weighted by molar-refractivity contribution is 0.163. The predicted molar refractivity (Wildman–Crippen MR) is 84.1 cm³/mol. The summed E-state index contributed by atoms with van der Waals surface area (Å²) < 4.78 is 1.14. The number of likely N-dealkylation sites (tertiary alicyclic amines) is 1. The quantitative estimate of drug-likeness (QED) is 0.787. The van der Waals surface area contributed by atoms with Crippen molar-refractivity contribution in [3.63, 3.8) is 0 Å². The number of piperidine rings is 1. The van der Waals surface area contributed by atoms with Crippen LogP contribution in [0.1, 0.15) is 19.3 Å². The van der Waals surface area contributed by atoms with E-state index in [0.29, 0.717) is 12.1 Å². The molecule has 6 heteroatoms. The minimum atomic E-state index is 0.413. The van der Waals surface area contributed by atoms with Crippen molar-refractivity contribution in [2.24, 2.45) is 5.73 Å². The van der Waals surface area contributed by atoms with Crippen LogP contribution in [0.3, 0.4) is 0 Å². The second kappa shape index (κ2) is 5.88. The van der Waals surface area contributed by atoms with E-state index in [1.807, 2.05) is 6.20 Å². The highest BCUT2D eigenvalue weighted by Crippen LogP contribution is 2.26. The van der Waals surface area contributed by atoms with Gasteiger partial charge in [0.25, 0.3) is 0 Å². The van der Waals surface area contributed by atoms with Crippen LogP contribution in [-0.4, -0.2) is 53.1 Å². The third-order valence-corrected chi connectivity index (χ3v) is 4.96. The summed E-state index contributed by atoms with van der Waals surface area (Å²) >= 11 is 2.32. The number of hydrogen-bond donors (Lipinski definition) is 1. The molecular formula is C13H20IN5. The van der Waals surface area contributed by atoms with Crippen LogP contribution in [0, 0.1) is 3.57 Å². The first kappa shape index (κ1) is 13.5. The van der Waals surface area contributed by atoms with E-state index in [4.69, 9.17) is 5.73 Å². The fourth-order valence-corrected chi connectivity index (χ4v) is 3.70. The number of anilines is 1. The summed E-state index contributed by atoms with van der Waals surface area (Å²) in [5.74, 6) is 1.09. The van der Waals surface area contributed by atoms with Gasteiger partial charge in [0.1, 0.15) is 12.1 Å². The van der Waals surface area contributed by atoms with Crippen molar-refractivity contribution >= 4 is 28.4 Å². The summed E-state index contributed by atoms with van der Waals surface area (Å²) in [7, 11) is 0. The molecule has 0 amide bonds. The Morgan fingerprint density at radius 3 is 2.74 bits per heavy atom. The Morgan fingerprint density at radius 2 is 2.00 bits per heavy atom. The molecule has 1 aromatic rings. The van der Waals surface area contributed by atoms with Gasteiger partial charge < -0.3 is 10.6 Å². The van der Waals surface area contributed by atoms with Gasteiger partial charge in [-0.25, -0.2) is 9.97 Å². The molecule has 2 fully saturated rings. The molecule has 2 aliphatic rings. The summed E-state index contributed by atoms with van der Waals surface area (Å²) in [6, 6.07) is 1.08. The van der Waals surface area contributed by atoms with Crippen LogP contribution in [0.25, 0.3) is 0 Å². The molecule has 0 bridgehead atoms. The molecule has 0 saturated carbocycles. The highest BCUT2D eigenvalue weighted by atomic mass is 127. The van der Waals surface area contributed by atoms with Crippen molar-refractivity contribution < 1.29 is 0 Å². The predicted octanol–water partition coefficient (Wildman–Crippen LogP) is 1.08. The van der Waals surface area contributed by atoms with Crippen LogP contribution in [-0.2, 0) is 0 Å². The fraction of sp³-hybridized carbons (Fsp3) is 0.692. The van der Waals surface area contributed by atoms with Gasteiger partial charge in [0.15, 0.2) is 0 Å². The lowest BCUT2D eigenvalue weighted by atomic mass is 10.0. The van der Waals surface area contributed by atoms with Crippen LogP contribution < -0.4 is 10.6 Å². The summed E-state index contributed by atoms with van der Waals surface area (Å²) in [6.45, 7) is 4.49. The zero-order valence-corrected chi connectivity index (χ0v) is 13.2. The van der Waals surface area contributed by atoms with E-state index in [0.717, 1.165) is 48.4 Å². The number of hydrogen-bond acceptors (Lipinski definition) is 5. The monoisotopic (exact) mass is 373 g/mol. The molecule has 2 N–H and O–H groups in total. The summed E-state index contributed by atoms with van der Waals surface area (Å²) in [6.07, 6.45) is 7.04. The molecular weight excluding hydrogens is 353 g/mol. The molecule has 2 aliphatic heterocycles. The molecule has 2 saturated heterocycles. The first-order valence-electron chi connectivity index (χ1n) is 6.94. The Kier molecular flexibility index (Phi) is 4.18. The molecule has 1 unspecified atom stereocenters. The number of halogens is 1. The molecule has 3 rings (SSSR count). The first-order chi connectivity index (χ1) is 9.24. The lowest BCUT2D eigenvalue weighted by Crippen LogP contribution is -2.46. The van der Waals surface area contributed by atoms with Crippen LogP contribution in [0.2, 0.25) is 0 Å². The van der Waals surface area contributed by atoms with Crippen molar-refractivity contribution in [3.05, 3.63) is 16.1 Å². The SMILES string of the molecule is NC1CCN(C2CCN(c3ncncc3I)C2)CC1. The van der Waals surface area contributed by atoms with Gasteiger partial charge in [0.2, 0.25) is 0 Å². The second-order valence-corrected chi connectivity index (χ2v) is 6.62. The van der Waals surface area contributed by atoms with Gasteiger partial charge in [0.05, 0.1) is 3.57 Å². The van der Waals surface area contributed by atoms with Gasteiger partial charge in [-0.15, -0.1) is 0 Å². The molecule has 1 aromatic heterocycles. The van der Waals surface area contributed by atoms with E-state index in [1.54, 1.807) is 6.33 Å². The van der Waals surface area contributed by atoms with Gasteiger partial charge in [0, 0.05) is 31.4 Å². The molecule has 0 radical (unpaired) electrons. The van der Waals surface area contributed by atoms with Gasteiger partial charge in [-0.1, -0.05) is 0 Å². The van der Waals surface area contributed by atoms with E-state index in [-0.39, 0.29) is 0 Å². The summed E-state index contributed by atoms with van der Waals surface area (Å²) in [5.41, 5.74) is 5.98. The van der Waals surface area contributed by atoms with E-state index >= 15 is 0 Å². The Bertz CT molecular complexity index is 433. The maximum absolute atomic E-state index is 5.98. The number of aromatic nitrogens is 2. The topological polar surface area (TPSA) is 58.3 Å². The molecule has 5 nitrogen and oxygen atoms in total. The zero-order valence-electron chi connectivity index (χ0n) is 11.0. The third-order valence-electron chi connectivity index (χ3n) is 4.20. The lowest BCUT2D eigenvalue weighted by Gasteiger charge is -2.34. The Morgan fingerprint density at radius 1 is 1.21 bits per heavy atom. The maximum Gasteiger partial charge on any atom is 0.145 e. The van der Waals surface area contributed by atoms with E-state index in [2.05, 4.69) is 42.4 Å². The number of nitrogens with two attached hydrogens (primary N) is 1. The Labute approximate surface area is 127 Å². The Balaban J connectivity index is 1.63. The molecule has 0 aliphatic carbocycles. The highest BCUT2D eigenvalue weighted by Gasteiger charge is 2.30.